The summed E-state index contributed by atoms with van der Waals surface area (Å²) < 4.78 is 5.47. The minimum absolute atomic E-state index is 0.0273. The van der Waals surface area contributed by atoms with Crippen LogP contribution in [0.2, 0.25) is 0 Å². The van der Waals surface area contributed by atoms with E-state index in [1.54, 1.807) is 0 Å². The highest BCUT2D eigenvalue weighted by Crippen LogP contribution is 2.23. The van der Waals surface area contributed by atoms with Gasteiger partial charge in [0, 0.05) is 49.5 Å². The summed E-state index contributed by atoms with van der Waals surface area (Å²) in [6, 6.07) is 7.79. The van der Waals surface area contributed by atoms with Gasteiger partial charge in [-0.2, -0.15) is 0 Å². The third kappa shape index (κ3) is 4.98. The molecule has 4 rings (SSSR count). The Hall–Kier alpha value is -2.47. The van der Waals surface area contributed by atoms with Crippen LogP contribution in [0.3, 0.4) is 0 Å². The molecule has 30 heavy (non-hydrogen) atoms. The van der Waals surface area contributed by atoms with Crippen molar-refractivity contribution in [3.8, 4) is 0 Å². The highest BCUT2D eigenvalue weighted by atomic mass is 16.5. The number of Topliss-reactive ketones (excluding diaryl/α,β-unsaturated/α-hetero) is 1. The molecule has 1 amide bonds. The van der Waals surface area contributed by atoms with Crippen LogP contribution in [0.15, 0.2) is 40.5 Å². The van der Waals surface area contributed by atoms with Crippen molar-refractivity contribution in [2.75, 3.05) is 32.8 Å². The molecule has 0 aromatic heterocycles. The van der Waals surface area contributed by atoms with Crippen molar-refractivity contribution >= 4 is 17.5 Å². The molecule has 6 nitrogen and oxygen atoms in total. The maximum absolute atomic E-state index is 12.7. The second kappa shape index (κ2) is 9.56. The summed E-state index contributed by atoms with van der Waals surface area (Å²) in [6.07, 6.45) is 4.56. The van der Waals surface area contributed by atoms with Gasteiger partial charge in [-0.3, -0.25) is 14.6 Å². The standard InChI is InChI=1S/C24H31N3O3/c1-17-5-7-18(8-6-17)24(29)19-9-12-27(13-10-19)23(28)4-2-3-22-25-15-20-16-30-14-11-21(20)26-22/h5-8,19H,2-4,9-16H2,1H3,(H,25,26). The molecule has 3 heterocycles. The van der Waals surface area contributed by atoms with Gasteiger partial charge in [-0.15, -0.1) is 0 Å². The molecule has 160 valence electrons. The lowest BCUT2D eigenvalue weighted by Gasteiger charge is -2.31. The highest BCUT2D eigenvalue weighted by molar-refractivity contribution is 5.98. The van der Waals surface area contributed by atoms with E-state index in [0.717, 1.165) is 55.7 Å². The van der Waals surface area contributed by atoms with E-state index < -0.39 is 0 Å². The zero-order valence-corrected chi connectivity index (χ0v) is 17.8. The van der Waals surface area contributed by atoms with Crippen LogP contribution in [0, 0.1) is 12.8 Å². The maximum atomic E-state index is 12.7. The summed E-state index contributed by atoms with van der Waals surface area (Å²) in [5.74, 6) is 1.43. The number of benzene rings is 1. The molecule has 1 fully saturated rings. The summed E-state index contributed by atoms with van der Waals surface area (Å²) in [6.45, 7) is 5.54. The Bertz CT molecular complexity index is 849. The fourth-order valence-electron chi connectivity index (χ4n) is 4.38. The van der Waals surface area contributed by atoms with Crippen LogP contribution in [0.25, 0.3) is 0 Å². The van der Waals surface area contributed by atoms with Crippen LogP contribution in [0.5, 0.6) is 0 Å². The third-order valence-corrected chi connectivity index (χ3v) is 6.31. The Morgan fingerprint density at radius 3 is 2.73 bits per heavy atom. The molecule has 0 unspecified atom stereocenters. The van der Waals surface area contributed by atoms with Gasteiger partial charge < -0.3 is 15.0 Å². The summed E-state index contributed by atoms with van der Waals surface area (Å²) in [5.41, 5.74) is 4.46. The zero-order chi connectivity index (χ0) is 20.9. The van der Waals surface area contributed by atoms with E-state index in [2.05, 4.69) is 10.3 Å². The van der Waals surface area contributed by atoms with Crippen molar-refractivity contribution in [2.45, 2.75) is 45.4 Å². The van der Waals surface area contributed by atoms with Gasteiger partial charge in [-0.1, -0.05) is 29.8 Å². The SMILES string of the molecule is Cc1ccc(C(=O)C2CCN(C(=O)CCCC3=NCC4=C(CCOC4)N3)CC2)cc1. The van der Waals surface area contributed by atoms with E-state index in [1.807, 2.05) is 36.1 Å². The number of likely N-dealkylation sites (tertiary alicyclic amines) is 1. The summed E-state index contributed by atoms with van der Waals surface area (Å²) >= 11 is 0. The molecule has 0 aliphatic carbocycles. The van der Waals surface area contributed by atoms with Crippen molar-refractivity contribution in [3.05, 3.63) is 46.7 Å². The molecule has 6 heteroatoms. The average Bonchev–Trinajstić information content (AvgIpc) is 2.79. The van der Waals surface area contributed by atoms with Crippen LogP contribution in [-0.4, -0.2) is 55.3 Å². The second-order valence-corrected chi connectivity index (χ2v) is 8.51. The number of hydrogen-bond acceptors (Lipinski definition) is 5. The molecule has 3 aliphatic rings. The number of aliphatic imine (C=N–C) groups is 1. The van der Waals surface area contributed by atoms with Crippen LogP contribution in [0.4, 0.5) is 0 Å². The van der Waals surface area contributed by atoms with Gasteiger partial charge in [-0.05, 0) is 31.8 Å². The lowest BCUT2D eigenvalue weighted by molar-refractivity contribution is -0.132. The van der Waals surface area contributed by atoms with Gasteiger partial charge in [-0.25, -0.2) is 0 Å². The molecular formula is C24H31N3O3. The van der Waals surface area contributed by atoms with Crippen molar-refractivity contribution in [1.29, 1.82) is 0 Å². The molecule has 1 saturated heterocycles. The third-order valence-electron chi connectivity index (χ3n) is 6.31. The molecule has 1 aromatic carbocycles. The van der Waals surface area contributed by atoms with Crippen molar-refractivity contribution in [2.24, 2.45) is 10.9 Å². The number of piperidine rings is 1. The second-order valence-electron chi connectivity index (χ2n) is 8.51. The van der Waals surface area contributed by atoms with E-state index in [0.29, 0.717) is 32.7 Å². The fraction of sp³-hybridized carbons (Fsp3) is 0.542. The molecule has 0 spiro atoms. The van der Waals surface area contributed by atoms with Gasteiger partial charge in [0.15, 0.2) is 5.78 Å². The van der Waals surface area contributed by atoms with E-state index >= 15 is 0 Å². The number of carbonyl (C=O) groups excluding carboxylic acids is 2. The monoisotopic (exact) mass is 409 g/mol. The fourth-order valence-corrected chi connectivity index (χ4v) is 4.38. The highest BCUT2D eigenvalue weighted by Gasteiger charge is 2.28. The van der Waals surface area contributed by atoms with Gasteiger partial charge >= 0.3 is 0 Å². The topological polar surface area (TPSA) is 71.0 Å². The Labute approximate surface area is 178 Å². The molecule has 0 atom stereocenters. The smallest absolute Gasteiger partial charge is 0.222 e. The van der Waals surface area contributed by atoms with Gasteiger partial charge in [0.1, 0.15) is 5.84 Å². The van der Waals surface area contributed by atoms with Crippen LogP contribution in [-0.2, 0) is 9.53 Å². The molecule has 1 N–H and O–H groups in total. The number of amidine groups is 1. The molecule has 0 bridgehead atoms. The lowest BCUT2D eigenvalue weighted by Crippen LogP contribution is -2.40. The minimum atomic E-state index is 0.0273. The molecule has 3 aliphatic heterocycles. The number of amides is 1. The molecular weight excluding hydrogens is 378 g/mol. The van der Waals surface area contributed by atoms with Crippen molar-refractivity contribution in [1.82, 2.24) is 10.2 Å². The van der Waals surface area contributed by atoms with Crippen molar-refractivity contribution < 1.29 is 14.3 Å². The summed E-state index contributed by atoms with van der Waals surface area (Å²) in [5, 5.41) is 3.43. The number of carbonyl (C=O) groups is 2. The summed E-state index contributed by atoms with van der Waals surface area (Å²) in [7, 11) is 0. The number of nitrogens with zero attached hydrogens (tertiary/aromatic N) is 2. The van der Waals surface area contributed by atoms with Crippen LogP contribution >= 0.6 is 0 Å². The van der Waals surface area contributed by atoms with Crippen molar-refractivity contribution in [3.63, 3.8) is 0 Å². The van der Waals surface area contributed by atoms with E-state index in [1.165, 1.54) is 11.3 Å². The predicted molar refractivity (Wildman–Crippen MR) is 117 cm³/mol. The maximum Gasteiger partial charge on any atom is 0.222 e. The largest absolute Gasteiger partial charge is 0.377 e. The number of aryl methyl sites for hydroxylation is 1. The molecule has 1 aromatic rings. The van der Waals surface area contributed by atoms with E-state index in [9.17, 15) is 9.59 Å². The first-order chi connectivity index (χ1) is 14.6. The number of hydrogen-bond donors (Lipinski definition) is 1. The Morgan fingerprint density at radius 1 is 1.20 bits per heavy atom. The summed E-state index contributed by atoms with van der Waals surface area (Å²) in [4.78, 5) is 31.8. The minimum Gasteiger partial charge on any atom is -0.377 e. The normalized spacial score (nSPS) is 19.8. The van der Waals surface area contributed by atoms with Gasteiger partial charge in [0.05, 0.1) is 19.8 Å². The van der Waals surface area contributed by atoms with Gasteiger partial charge in [0.2, 0.25) is 5.91 Å². The van der Waals surface area contributed by atoms with Crippen LogP contribution in [0.1, 0.15) is 54.4 Å². The number of ketones is 1. The zero-order valence-electron chi connectivity index (χ0n) is 17.8. The Morgan fingerprint density at radius 2 is 1.97 bits per heavy atom. The van der Waals surface area contributed by atoms with E-state index in [4.69, 9.17) is 4.74 Å². The molecule has 0 radical (unpaired) electrons. The number of nitrogens with one attached hydrogen (secondary N) is 1. The number of ether oxygens (including phenoxy) is 1. The Balaban J connectivity index is 1.18. The first-order valence-corrected chi connectivity index (χ1v) is 11.1. The first kappa shape index (κ1) is 20.8. The average molecular weight is 410 g/mol. The van der Waals surface area contributed by atoms with Crippen LogP contribution < -0.4 is 5.32 Å². The van der Waals surface area contributed by atoms with Gasteiger partial charge in [0.25, 0.3) is 0 Å². The lowest BCUT2D eigenvalue weighted by atomic mass is 9.88. The quantitative estimate of drug-likeness (QED) is 0.732. The first-order valence-electron chi connectivity index (χ1n) is 11.1. The Kier molecular flexibility index (Phi) is 6.62. The van der Waals surface area contributed by atoms with E-state index in [-0.39, 0.29) is 17.6 Å². The molecule has 0 saturated carbocycles. The number of rotatable bonds is 6. The predicted octanol–water partition coefficient (Wildman–Crippen LogP) is 3.26.